The lowest BCUT2D eigenvalue weighted by molar-refractivity contribution is 0.183. The Hall–Kier alpha value is -0.960. The summed E-state index contributed by atoms with van der Waals surface area (Å²) in [5.41, 5.74) is 0.404. The molecule has 1 aromatic heterocycles. The van der Waals surface area contributed by atoms with Crippen molar-refractivity contribution in [2.24, 2.45) is 0 Å². The van der Waals surface area contributed by atoms with Crippen LogP contribution in [0.15, 0.2) is 15.7 Å². The highest BCUT2D eigenvalue weighted by Crippen LogP contribution is 2.20. The van der Waals surface area contributed by atoms with Crippen LogP contribution in [0.1, 0.15) is 25.0 Å². The zero-order valence-corrected chi connectivity index (χ0v) is 13.2. The predicted molar refractivity (Wildman–Crippen MR) is 77.4 cm³/mol. The van der Waals surface area contributed by atoms with Crippen molar-refractivity contribution in [1.29, 1.82) is 0 Å². The van der Waals surface area contributed by atoms with E-state index in [1.807, 2.05) is 0 Å². The van der Waals surface area contributed by atoms with Gasteiger partial charge in [-0.3, -0.25) is 0 Å². The summed E-state index contributed by atoms with van der Waals surface area (Å²) >= 11 is 0. The topological polar surface area (TPSA) is 86.9 Å². The molecule has 1 aliphatic rings. The molecule has 0 spiro atoms. The van der Waals surface area contributed by atoms with Gasteiger partial charge >= 0.3 is 0 Å². The average molecular weight is 317 g/mol. The van der Waals surface area contributed by atoms with Gasteiger partial charge in [0.1, 0.15) is 16.9 Å². The second-order valence-corrected chi connectivity index (χ2v) is 7.20. The van der Waals surface area contributed by atoms with E-state index in [-0.39, 0.29) is 11.5 Å². The molecular formula is C13H23N3O4S. The van der Waals surface area contributed by atoms with Crippen molar-refractivity contribution in [2.75, 3.05) is 39.3 Å². The quantitative estimate of drug-likeness (QED) is 0.735. The minimum absolute atomic E-state index is 0.166. The van der Waals surface area contributed by atoms with Crippen molar-refractivity contribution >= 4 is 10.0 Å². The number of aliphatic hydroxyl groups excluding tert-OH is 1. The van der Waals surface area contributed by atoms with Gasteiger partial charge in [0.15, 0.2) is 0 Å². The summed E-state index contributed by atoms with van der Waals surface area (Å²) in [7, 11) is -3.48. The standard InChI is InChI=1S/C13H23N3O4S/c1-12-13(11-20-14-12)21(18,19)16-8-6-15(7-9-16)5-3-2-4-10-17/h11,17H,2-10H2,1H3. The van der Waals surface area contributed by atoms with Gasteiger partial charge in [0.25, 0.3) is 0 Å². The fourth-order valence-electron chi connectivity index (χ4n) is 2.49. The first-order valence-corrected chi connectivity index (χ1v) is 8.74. The number of aryl methyl sites for hydroxylation is 1. The van der Waals surface area contributed by atoms with Crippen molar-refractivity contribution in [3.05, 3.63) is 12.0 Å². The number of rotatable bonds is 7. The second-order valence-electron chi connectivity index (χ2n) is 5.29. The Kier molecular flexibility index (Phi) is 5.74. The molecule has 1 aliphatic heterocycles. The van der Waals surface area contributed by atoms with E-state index in [0.29, 0.717) is 18.8 Å². The number of nitrogens with zero attached hydrogens (tertiary/aromatic N) is 3. The predicted octanol–water partition coefficient (Wildman–Crippen LogP) is 0.452. The zero-order chi connectivity index (χ0) is 15.3. The van der Waals surface area contributed by atoms with Crippen LogP contribution in [0.25, 0.3) is 0 Å². The number of hydrogen-bond acceptors (Lipinski definition) is 6. The van der Waals surface area contributed by atoms with Crippen LogP contribution in [0, 0.1) is 6.92 Å². The molecule has 1 saturated heterocycles. The third-order valence-electron chi connectivity index (χ3n) is 3.79. The molecule has 0 atom stereocenters. The normalized spacial score (nSPS) is 18.2. The van der Waals surface area contributed by atoms with Crippen LogP contribution in [-0.4, -0.2) is 67.2 Å². The molecule has 0 amide bonds. The Bertz CT molecular complexity index is 535. The number of aromatic nitrogens is 1. The maximum absolute atomic E-state index is 12.5. The van der Waals surface area contributed by atoms with Crippen LogP contribution in [0.3, 0.4) is 0 Å². The Balaban J connectivity index is 1.85. The maximum Gasteiger partial charge on any atom is 0.248 e. The molecule has 0 aliphatic carbocycles. The van der Waals surface area contributed by atoms with E-state index in [9.17, 15) is 8.42 Å². The van der Waals surface area contributed by atoms with E-state index in [0.717, 1.165) is 38.9 Å². The first-order valence-electron chi connectivity index (χ1n) is 7.30. The SMILES string of the molecule is Cc1nocc1S(=O)(=O)N1CCN(CCCCCO)CC1. The smallest absolute Gasteiger partial charge is 0.248 e. The van der Waals surface area contributed by atoms with Gasteiger partial charge in [0, 0.05) is 32.8 Å². The third kappa shape index (κ3) is 4.03. The minimum Gasteiger partial charge on any atom is -0.396 e. The Morgan fingerprint density at radius 3 is 2.52 bits per heavy atom. The molecule has 120 valence electrons. The summed E-state index contributed by atoms with van der Waals surface area (Å²) < 4.78 is 31.1. The second kappa shape index (κ2) is 7.35. The summed E-state index contributed by atoms with van der Waals surface area (Å²) in [6, 6.07) is 0. The molecule has 21 heavy (non-hydrogen) atoms. The van der Waals surface area contributed by atoms with Gasteiger partial charge in [0.05, 0.1) is 0 Å². The zero-order valence-electron chi connectivity index (χ0n) is 12.4. The molecule has 0 saturated carbocycles. The van der Waals surface area contributed by atoms with Crippen molar-refractivity contribution in [3.63, 3.8) is 0 Å². The Morgan fingerprint density at radius 2 is 1.95 bits per heavy atom. The molecule has 1 N–H and O–H groups in total. The summed E-state index contributed by atoms with van der Waals surface area (Å²) in [6.07, 6.45) is 4.08. The maximum atomic E-state index is 12.5. The van der Waals surface area contributed by atoms with Gasteiger partial charge < -0.3 is 14.5 Å². The molecule has 1 aromatic rings. The first kappa shape index (κ1) is 16.4. The number of hydrogen-bond donors (Lipinski definition) is 1. The molecule has 7 nitrogen and oxygen atoms in total. The molecule has 1 fully saturated rings. The van der Waals surface area contributed by atoms with Crippen molar-refractivity contribution in [1.82, 2.24) is 14.4 Å². The van der Waals surface area contributed by atoms with E-state index in [1.54, 1.807) is 6.92 Å². The monoisotopic (exact) mass is 317 g/mol. The Morgan fingerprint density at radius 1 is 1.24 bits per heavy atom. The molecule has 0 radical (unpaired) electrons. The van der Waals surface area contributed by atoms with Gasteiger partial charge in [0.2, 0.25) is 10.0 Å². The highest BCUT2D eigenvalue weighted by atomic mass is 32.2. The summed E-state index contributed by atoms with van der Waals surface area (Å²) in [4.78, 5) is 2.43. The molecule has 8 heteroatoms. The lowest BCUT2D eigenvalue weighted by Crippen LogP contribution is -2.48. The van der Waals surface area contributed by atoms with E-state index < -0.39 is 10.0 Å². The first-order chi connectivity index (χ1) is 10.1. The van der Waals surface area contributed by atoms with Crippen molar-refractivity contribution in [2.45, 2.75) is 31.1 Å². The molecule has 2 heterocycles. The van der Waals surface area contributed by atoms with Gasteiger partial charge in [-0.05, 0) is 32.7 Å². The largest absolute Gasteiger partial charge is 0.396 e. The molecule has 0 aromatic carbocycles. The Labute approximate surface area is 125 Å². The molecule has 0 bridgehead atoms. The number of aliphatic hydroxyl groups is 1. The van der Waals surface area contributed by atoms with Crippen LogP contribution in [0.2, 0.25) is 0 Å². The van der Waals surface area contributed by atoms with Gasteiger partial charge in [-0.25, -0.2) is 8.42 Å². The summed E-state index contributed by atoms with van der Waals surface area (Å²) in [5.74, 6) is 0. The third-order valence-corrected chi connectivity index (χ3v) is 5.78. The minimum atomic E-state index is -3.48. The van der Waals surface area contributed by atoms with Gasteiger partial charge in [-0.1, -0.05) is 5.16 Å². The number of piperazine rings is 1. The fraction of sp³-hybridized carbons (Fsp3) is 0.769. The van der Waals surface area contributed by atoms with Crippen LogP contribution < -0.4 is 0 Å². The average Bonchev–Trinajstić information content (AvgIpc) is 2.91. The number of sulfonamides is 1. The number of unbranched alkanes of at least 4 members (excludes halogenated alkanes) is 2. The molecular weight excluding hydrogens is 294 g/mol. The summed E-state index contributed by atoms with van der Waals surface area (Å²) in [6.45, 7) is 5.29. The lowest BCUT2D eigenvalue weighted by atomic mass is 10.2. The fourth-order valence-corrected chi connectivity index (χ4v) is 3.98. The molecule has 0 unspecified atom stereocenters. The van der Waals surface area contributed by atoms with Crippen LogP contribution in [-0.2, 0) is 10.0 Å². The van der Waals surface area contributed by atoms with Crippen LogP contribution in [0.4, 0.5) is 0 Å². The highest BCUT2D eigenvalue weighted by molar-refractivity contribution is 7.89. The van der Waals surface area contributed by atoms with Crippen LogP contribution >= 0.6 is 0 Å². The van der Waals surface area contributed by atoms with E-state index in [4.69, 9.17) is 9.63 Å². The van der Waals surface area contributed by atoms with Gasteiger partial charge in [-0.15, -0.1) is 0 Å². The van der Waals surface area contributed by atoms with E-state index in [1.165, 1.54) is 10.6 Å². The summed E-state index contributed by atoms with van der Waals surface area (Å²) in [5, 5.41) is 12.4. The highest BCUT2D eigenvalue weighted by Gasteiger charge is 2.31. The van der Waals surface area contributed by atoms with Crippen molar-refractivity contribution < 1.29 is 18.0 Å². The van der Waals surface area contributed by atoms with E-state index in [2.05, 4.69) is 10.1 Å². The van der Waals surface area contributed by atoms with Crippen molar-refractivity contribution in [3.8, 4) is 0 Å². The van der Waals surface area contributed by atoms with Crippen LogP contribution in [0.5, 0.6) is 0 Å². The lowest BCUT2D eigenvalue weighted by Gasteiger charge is -2.33. The van der Waals surface area contributed by atoms with Gasteiger partial charge in [-0.2, -0.15) is 4.31 Å². The molecule has 2 rings (SSSR count). The van der Waals surface area contributed by atoms with E-state index >= 15 is 0 Å².